The topological polar surface area (TPSA) is 76.1 Å². The van der Waals surface area contributed by atoms with Gasteiger partial charge in [-0.1, -0.05) is 0 Å². The van der Waals surface area contributed by atoms with Crippen LogP contribution in [0, 0.1) is 6.92 Å². The summed E-state index contributed by atoms with van der Waals surface area (Å²) < 4.78 is 5.56. The van der Waals surface area contributed by atoms with Crippen LogP contribution in [0.4, 0.5) is 11.5 Å². The van der Waals surface area contributed by atoms with Gasteiger partial charge in [0, 0.05) is 18.0 Å². The summed E-state index contributed by atoms with van der Waals surface area (Å²) >= 11 is 0. The fourth-order valence-electron chi connectivity index (χ4n) is 1.61. The molecule has 0 aliphatic rings. The van der Waals surface area contributed by atoms with Gasteiger partial charge in [-0.25, -0.2) is 10.8 Å². The van der Waals surface area contributed by atoms with E-state index in [9.17, 15) is 0 Å². The average molecular weight is 232 g/mol. The zero-order valence-electron chi connectivity index (χ0n) is 9.90. The van der Waals surface area contributed by atoms with E-state index in [2.05, 4.69) is 15.7 Å². The van der Waals surface area contributed by atoms with E-state index in [1.54, 1.807) is 6.20 Å². The van der Waals surface area contributed by atoms with Gasteiger partial charge in [0.1, 0.15) is 17.3 Å². The Kier molecular flexibility index (Phi) is 3.30. The normalized spacial score (nSPS) is 12.2. The van der Waals surface area contributed by atoms with E-state index < -0.39 is 0 Å². The van der Waals surface area contributed by atoms with Gasteiger partial charge in [0.2, 0.25) is 0 Å². The fraction of sp³-hybridized carbons (Fsp3) is 0.250. The second-order valence-electron chi connectivity index (χ2n) is 3.89. The third-order valence-corrected chi connectivity index (χ3v) is 2.48. The monoisotopic (exact) mass is 232 g/mol. The summed E-state index contributed by atoms with van der Waals surface area (Å²) in [6.07, 6.45) is 1.69. The Labute approximate surface area is 100 Å². The quantitative estimate of drug-likeness (QED) is 0.557. The minimum absolute atomic E-state index is 0.0942. The molecule has 0 amide bonds. The number of nitrogens with one attached hydrogen (secondary N) is 2. The molecule has 0 aliphatic carbocycles. The second kappa shape index (κ2) is 4.88. The van der Waals surface area contributed by atoms with Crippen LogP contribution in [0.2, 0.25) is 0 Å². The van der Waals surface area contributed by atoms with E-state index in [4.69, 9.17) is 10.3 Å². The fourth-order valence-corrected chi connectivity index (χ4v) is 1.61. The molecule has 2 heterocycles. The smallest absolute Gasteiger partial charge is 0.141 e. The van der Waals surface area contributed by atoms with E-state index in [0.29, 0.717) is 5.82 Å². The van der Waals surface area contributed by atoms with Crippen molar-refractivity contribution in [1.29, 1.82) is 0 Å². The van der Waals surface area contributed by atoms with Crippen LogP contribution >= 0.6 is 0 Å². The summed E-state index contributed by atoms with van der Waals surface area (Å²) in [5.41, 5.74) is 3.45. The molecule has 0 saturated carbocycles. The lowest BCUT2D eigenvalue weighted by Gasteiger charge is -2.13. The minimum Gasteiger partial charge on any atom is -0.464 e. The molecule has 4 N–H and O–H groups in total. The number of hydrazine groups is 1. The van der Waals surface area contributed by atoms with Crippen molar-refractivity contribution in [2.24, 2.45) is 5.84 Å². The molecule has 0 fully saturated rings. The molecule has 90 valence electrons. The summed E-state index contributed by atoms with van der Waals surface area (Å²) in [6.45, 7) is 3.97. The van der Waals surface area contributed by atoms with Gasteiger partial charge in [0.15, 0.2) is 0 Å². The average Bonchev–Trinajstić information content (AvgIpc) is 2.76. The number of hydrogen-bond donors (Lipinski definition) is 3. The number of anilines is 2. The summed E-state index contributed by atoms with van der Waals surface area (Å²) in [7, 11) is 0. The molecule has 5 heteroatoms. The van der Waals surface area contributed by atoms with E-state index >= 15 is 0 Å². The van der Waals surface area contributed by atoms with Crippen LogP contribution in [-0.4, -0.2) is 4.98 Å². The highest BCUT2D eigenvalue weighted by Crippen LogP contribution is 2.21. The minimum atomic E-state index is 0.0942. The molecule has 5 nitrogen and oxygen atoms in total. The van der Waals surface area contributed by atoms with Gasteiger partial charge < -0.3 is 15.2 Å². The standard InChI is InChI=1S/C12H16N4O/c1-8-3-4-11(17-8)9(2)15-10-5-6-14-12(7-10)16-13/h3-7,9H,13H2,1-2H3,(H2,14,15,16). The lowest BCUT2D eigenvalue weighted by Crippen LogP contribution is -2.10. The first-order valence-corrected chi connectivity index (χ1v) is 5.44. The number of rotatable bonds is 4. The highest BCUT2D eigenvalue weighted by molar-refractivity contribution is 5.52. The van der Waals surface area contributed by atoms with E-state index in [1.807, 2.05) is 38.1 Å². The zero-order chi connectivity index (χ0) is 12.3. The van der Waals surface area contributed by atoms with Gasteiger partial charge in [-0.15, -0.1) is 0 Å². The largest absolute Gasteiger partial charge is 0.464 e. The molecule has 17 heavy (non-hydrogen) atoms. The number of nitrogens with zero attached hydrogens (tertiary/aromatic N) is 1. The van der Waals surface area contributed by atoms with Crippen molar-refractivity contribution >= 4 is 11.5 Å². The Bertz CT molecular complexity index is 495. The van der Waals surface area contributed by atoms with Crippen molar-refractivity contribution in [3.63, 3.8) is 0 Å². The molecule has 0 radical (unpaired) electrons. The molecule has 1 atom stereocenters. The van der Waals surface area contributed by atoms with Crippen LogP contribution in [0.25, 0.3) is 0 Å². The van der Waals surface area contributed by atoms with Crippen molar-refractivity contribution < 1.29 is 4.42 Å². The molecule has 0 aromatic carbocycles. The van der Waals surface area contributed by atoms with Gasteiger partial charge in [0.25, 0.3) is 0 Å². The lowest BCUT2D eigenvalue weighted by molar-refractivity contribution is 0.467. The van der Waals surface area contributed by atoms with Gasteiger partial charge in [-0.05, 0) is 32.0 Å². The number of pyridine rings is 1. The number of aryl methyl sites for hydroxylation is 1. The molecular formula is C12H16N4O. The Hall–Kier alpha value is -2.01. The number of hydrogen-bond acceptors (Lipinski definition) is 5. The first kappa shape index (κ1) is 11.5. The Morgan fingerprint density at radius 1 is 1.35 bits per heavy atom. The summed E-state index contributed by atoms with van der Waals surface area (Å²) in [4.78, 5) is 4.04. The van der Waals surface area contributed by atoms with Gasteiger partial charge in [-0.2, -0.15) is 0 Å². The third kappa shape index (κ3) is 2.76. The van der Waals surface area contributed by atoms with Gasteiger partial charge >= 0.3 is 0 Å². The van der Waals surface area contributed by atoms with Crippen LogP contribution in [0.15, 0.2) is 34.9 Å². The van der Waals surface area contributed by atoms with E-state index in [-0.39, 0.29) is 6.04 Å². The Morgan fingerprint density at radius 2 is 2.18 bits per heavy atom. The van der Waals surface area contributed by atoms with Crippen LogP contribution in [0.3, 0.4) is 0 Å². The Balaban J connectivity index is 2.09. The highest BCUT2D eigenvalue weighted by atomic mass is 16.3. The first-order valence-electron chi connectivity index (χ1n) is 5.44. The lowest BCUT2D eigenvalue weighted by atomic mass is 10.2. The predicted octanol–water partition coefficient (Wildman–Crippen LogP) is 2.44. The molecular weight excluding hydrogens is 216 g/mol. The Morgan fingerprint density at radius 3 is 2.82 bits per heavy atom. The molecule has 2 rings (SSSR count). The summed E-state index contributed by atoms with van der Waals surface area (Å²) in [5, 5.41) is 3.32. The molecule has 0 saturated heterocycles. The van der Waals surface area contributed by atoms with Gasteiger partial charge in [-0.3, -0.25) is 0 Å². The molecule has 0 bridgehead atoms. The van der Waals surface area contributed by atoms with Crippen molar-refractivity contribution in [3.8, 4) is 0 Å². The molecule has 0 aliphatic heterocycles. The number of aromatic nitrogens is 1. The molecule has 2 aromatic rings. The van der Waals surface area contributed by atoms with Gasteiger partial charge in [0.05, 0.1) is 6.04 Å². The molecule has 0 spiro atoms. The van der Waals surface area contributed by atoms with Crippen molar-refractivity contribution in [3.05, 3.63) is 42.0 Å². The van der Waals surface area contributed by atoms with Crippen molar-refractivity contribution in [2.45, 2.75) is 19.9 Å². The maximum atomic E-state index is 5.56. The van der Waals surface area contributed by atoms with Crippen molar-refractivity contribution in [2.75, 3.05) is 10.7 Å². The maximum absolute atomic E-state index is 5.56. The van der Waals surface area contributed by atoms with Crippen LogP contribution in [0.5, 0.6) is 0 Å². The number of nitrogens with two attached hydrogens (primary N) is 1. The van der Waals surface area contributed by atoms with Crippen LogP contribution < -0.4 is 16.6 Å². The first-order chi connectivity index (χ1) is 8.19. The van der Waals surface area contributed by atoms with E-state index in [1.165, 1.54) is 0 Å². The number of furan rings is 1. The predicted molar refractivity (Wildman–Crippen MR) is 67.5 cm³/mol. The van der Waals surface area contributed by atoms with Crippen molar-refractivity contribution in [1.82, 2.24) is 4.98 Å². The van der Waals surface area contributed by atoms with Crippen LogP contribution in [0.1, 0.15) is 24.5 Å². The third-order valence-electron chi connectivity index (χ3n) is 2.48. The maximum Gasteiger partial charge on any atom is 0.141 e. The molecule has 1 unspecified atom stereocenters. The highest BCUT2D eigenvalue weighted by Gasteiger charge is 2.09. The zero-order valence-corrected chi connectivity index (χ0v) is 9.90. The number of nitrogen functional groups attached to an aromatic ring is 1. The summed E-state index contributed by atoms with van der Waals surface area (Å²) in [6, 6.07) is 7.74. The summed E-state index contributed by atoms with van der Waals surface area (Å²) in [5.74, 6) is 7.74. The SMILES string of the molecule is Cc1ccc(C(C)Nc2ccnc(NN)c2)o1. The molecule has 2 aromatic heterocycles. The van der Waals surface area contributed by atoms with Crippen LogP contribution in [-0.2, 0) is 0 Å². The van der Waals surface area contributed by atoms with E-state index in [0.717, 1.165) is 17.2 Å². The second-order valence-corrected chi connectivity index (χ2v) is 3.89.